The smallest absolute Gasteiger partial charge is 0.0552 e. The van der Waals surface area contributed by atoms with Crippen molar-refractivity contribution in [1.29, 1.82) is 0 Å². The number of thioether (sulfide) groups is 1. The Kier molecular flexibility index (Phi) is 7.58. The zero-order valence-corrected chi connectivity index (χ0v) is 7.49. The van der Waals surface area contributed by atoms with Gasteiger partial charge >= 0.3 is 0 Å². The van der Waals surface area contributed by atoms with Gasteiger partial charge in [-0.1, -0.05) is 6.92 Å². The van der Waals surface area contributed by atoms with Crippen LogP contribution in [-0.4, -0.2) is 36.9 Å². The molecule has 1 N–H and O–H groups in total. The molecule has 3 heteroatoms. The van der Waals surface area contributed by atoms with Crippen LogP contribution in [0.4, 0.5) is 0 Å². The standard InChI is InChI=1S/C7H16O2S/c1-7(5-8)6-10-4-3-9-2/h7-8H,3-6H2,1-2H3. The summed E-state index contributed by atoms with van der Waals surface area (Å²) < 4.78 is 4.87. The van der Waals surface area contributed by atoms with Crippen LogP contribution in [-0.2, 0) is 4.74 Å². The lowest BCUT2D eigenvalue weighted by molar-refractivity contribution is 0.218. The van der Waals surface area contributed by atoms with Gasteiger partial charge in [-0.3, -0.25) is 0 Å². The molecule has 0 aliphatic carbocycles. The summed E-state index contributed by atoms with van der Waals surface area (Å²) in [6, 6.07) is 0. The van der Waals surface area contributed by atoms with Gasteiger partial charge in [0.15, 0.2) is 0 Å². The van der Waals surface area contributed by atoms with Gasteiger partial charge in [-0.05, 0) is 11.7 Å². The molecule has 0 spiro atoms. The van der Waals surface area contributed by atoms with Crippen LogP contribution >= 0.6 is 11.8 Å². The summed E-state index contributed by atoms with van der Waals surface area (Å²) in [5.74, 6) is 2.47. The Morgan fingerprint density at radius 1 is 1.60 bits per heavy atom. The van der Waals surface area contributed by atoms with Gasteiger partial charge in [0.25, 0.3) is 0 Å². The van der Waals surface area contributed by atoms with Crippen LogP contribution in [0.2, 0.25) is 0 Å². The highest BCUT2D eigenvalue weighted by Gasteiger charge is 1.98. The molecule has 0 saturated heterocycles. The largest absolute Gasteiger partial charge is 0.396 e. The predicted molar refractivity (Wildman–Crippen MR) is 45.5 cm³/mol. The molecule has 2 nitrogen and oxygen atoms in total. The molecule has 0 aliphatic rings. The minimum Gasteiger partial charge on any atom is -0.396 e. The van der Waals surface area contributed by atoms with E-state index in [2.05, 4.69) is 0 Å². The summed E-state index contributed by atoms with van der Waals surface area (Å²) in [4.78, 5) is 0. The molecule has 0 saturated carbocycles. The first kappa shape index (κ1) is 10.3. The SMILES string of the molecule is COCCSCC(C)CO. The zero-order chi connectivity index (χ0) is 7.82. The Morgan fingerprint density at radius 3 is 2.80 bits per heavy atom. The van der Waals surface area contributed by atoms with Crippen molar-refractivity contribution >= 4 is 11.8 Å². The number of hydrogen-bond donors (Lipinski definition) is 1. The summed E-state index contributed by atoms with van der Waals surface area (Å²) in [5.41, 5.74) is 0. The monoisotopic (exact) mass is 164 g/mol. The Balaban J connectivity index is 2.89. The molecular formula is C7H16O2S. The molecule has 0 aliphatic heterocycles. The van der Waals surface area contributed by atoms with E-state index in [9.17, 15) is 0 Å². The predicted octanol–water partition coefficient (Wildman–Crippen LogP) is 0.994. The van der Waals surface area contributed by atoms with Crippen molar-refractivity contribution in [3.8, 4) is 0 Å². The van der Waals surface area contributed by atoms with E-state index < -0.39 is 0 Å². The fourth-order valence-electron chi connectivity index (χ4n) is 0.479. The first-order valence-corrected chi connectivity index (χ1v) is 4.64. The molecule has 0 heterocycles. The van der Waals surface area contributed by atoms with Crippen LogP contribution in [0.15, 0.2) is 0 Å². The molecule has 0 radical (unpaired) electrons. The molecule has 1 unspecified atom stereocenters. The fourth-order valence-corrected chi connectivity index (χ4v) is 1.44. The lowest BCUT2D eigenvalue weighted by atomic mass is 10.2. The molecule has 0 aromatic heterocycles. The van der Waals surface area contributed by atoms with E-state index in [4.69, 9.17) is 9.84 Å². The Bertz CT molecular complexity index is 68.6. The zero-order valence-electron chi connectivity index (χ0n) is 6.67. The van der Waals surface area contributed by atoms with E-state index in [1.54, 1.807) is 7.11 Å². The number of ether oxygens (including phenoxy) is 1. The number of rotatable bonds is 6. The second-order valence-electron chi connectivity index (χ2n) is 2.36. The molecule has 62 valence electrons. The molecular weight excluding hydrogens is 148 g/mol. The fraction of sp³-hybridized carbons (Fsp3) is 1.00. The topological polar surface area (TPSA) is 29.5 Å². The van der Waals surface area contributed by atoms with Crippen molar-refractivity contribution in [2.75, 3.05) is 31.8 Å². The van der Waals surface area contributed by atoms with Crippen molar-refractivity contribution in [2.24, 2.45) is 5.92 Å². The molecule has 1 atom stereocenters. The first-order chi connectivity index (χ1) is 4.81. The van der Waals surface area contributed by atoms with Gasteiger partial charge in [0, 0.05) is 19.5 Å². The molecule has 0 aromatic carbocycles. The normalized spacial score (nSPS) is 13.5. The Labute approximate surface area is 67.0 Å². The van der Waals surface area contributed by atoms with Gasteiger partial charge in [-0.2, -0.15) is 11.8 Å². The summed E-state index contributed by atoms with van der Waals surface area (Å²) in [6.45, 7) is 3.14. The Morgan fingerprint density at radius 2 is 2.30 bits per heavy atom. The van der Waals surface area contributed by atoms with Crippen molar-refractivity contribution in [1.82, 2.24) is 0 Å². The van der Waals surface area contributed by atoms with Gasteiger partial charge in [0.2, 0.25) is 0 Å². The number of hydrogen-bond acceptors (Lipinski definition) is 3. The summed E-state index contributed by atoms with van der Waals surface area (Å²) in [6.07, 6.45) is 0. The molecule has 10 heavy (non-hydrogen) atoms. The number of methoxy groups -OCH3 is 1. The molecule has 0 aromatic rings. The maximum Gasteiger partial charge on any atom is 0.0552 e. The van der Waals surface area contributed by atoms with E-state index in [-0.39, 0.29) is 0 Å². The van der Waals surface area contributed by atoms with Crippen molar-refractivity contribution in [3.63, 3.8) is 0 Å². The van der Waals surface area contributed by atoms with E-state index in [0.29, 0.717) is 12.5 Å². The maximum atomic E-state index is 8.65. The average molecular weight is 164 g/mol. The van der Waals surface area contributed by atoms with Gasteiger partial charge in [0.1, 0.15) is 0 Å². The van der Waals surface area contributed by atoms with Crippen LogP contribution in [0.1, 0.15) is 6.92 Å². The number of aliphatic hydroxyl groups is 1. The highest BCUT2D eigenvalue weighted by molar-refractivity contribution is 7.99. The van der Waals surface area contributed by atoms with Crippen molar-refractivity contribution in [2.45, 2.75) is 6.92 Å². The van der Waals surface area contributed by atoms with Crippen LogP contribution < -0.4 is 0 Å². The van der Waals surface area contributed by atoms with Crippen molar-refractivity contribution in [3.05, 3.63) is 0 Å². The Hall–Kier alpha value is 0.270. The van der Waals surface area contributed by atoms with Gasteiger partial charge in [-0.25, -0.2) is 0 Å². The molecule has 0 rings (SSSR count). The van der Waals surface area contributed by atoms with Gasteiger partial charge < -0.3 is 9.84 Å². The van der Waals surface area contributed by atoms with E-state index in [1.807, 2.05) is 18.7 Å². The molecule has 0 bridgehead atoms. The third-order valence-electron chi connectivity index (χ3n) is 1.15. The van der Waals surface area contributed by atoms with E-state index in [0.717, 1.165) is 18.1 Å². The second kappa shape index (κ2) is 7.38. The third-order valence-corrected chi connectivity index (χ3v) is 2.41. The summed E-state index contributed by atoms with van der Waals surface area (Å²) in [7, 11) is 1.70. The highest BCUT2D eigenvalue weighted by Crippen LogP contribution is 2.06. The van der Waals surface area contributed by atoms with E-state index in [1.165, 1.54) is 0 Å². The van der Waals surface area contributed by atoms with Crippen LogP contribution in [0.25, 0.3) is 0 Å². The number of aliphatic hydroxyl groups excluding tert-OH is 1. The molecule has 0 fully saturated rings. The summed E-state index contributed by atoms with van der Waals surface area (Å²) in [5, 5.41) is 8.65. The second-order valence-corrected chi connectivity index (χ2v) is 3.51. The average Bonchev–Trinajstić information content (AvgIpc) is 1.98. The minimum absolute atomic E-state index is 0.292. The highest BCUT2D eigenvalue weighted by atomic mass is 32.2. The van der Waals surface area contributed by atoms with Gasteiger partial charge in [-0.15, -0.1) is 0 Å². The first-order valence-electron chi connectivity index (χ1n) is 3.48. The molecule has 0 amide bonds. The lowest BCUT2D eigenvalue weighted by Crippen LogP contribution is -2.05. The minimum atomic E-state index is 0.292. The van der Waals surface area contributed by atoms with E-state index >= 15 is 0 Å². The lowest BCUT2D eigenvalue weighted by Gasteiger charge is -2.05. The van der Waals surface area contributed by atoms with Crippen LogP contribution in [0.5, 0.6) is 0 Å². The maximum absolute atomic E-state index is 8.65. The van der Waals surface area contributed by atoms with Crippen LogP contribution in [0, 0.1) is 5.92 Å². The van der Waals surface area contributed by atoms with Crippen molar-refractivity contribution < 1.29 is 9.84 Å². The van der Waals surface area contributed by atoms with Gasteiger partial charge in [0.05, 0.1) is 6.61 Å². The quantitative estimate of drug-likeness (QED) is 0.594. The van der Waals surface area contributed by atoms with Crippen LogP contribution in [0.3, 0.4) is 0 Å². The summed E-state index contributed by atoms with van der Waals surface area (Å²) >= 11 is 1.83. The third kappa shape index (κ3) is 6.39.